The number of methoxy groups -OCH3 is 1. The highest BCUT2D eigenvalue weighted by Crippen LogP contribution is 2.22. The number of carbonyl (C=O) groups is 1. The van der Waals surface area contributed by atoms with Gasteiger partial charge in [-0.05, 0) is 49.7 Å². The van der Waals surface area contributed by atoms with Gasteiger partial charge in [0.1, 0.15) is 5.75 Å². The number of anilines is 2. The Kier molecular flexibility index (Phi) is 20.3. The number of benzene rings is 2. The highest BCUT2D eigenvalue weighted by molar-refractivity contribution is 7.90. The van der Waals surface area contributed by atoms with Crippen LogP contribution in [0.3, 0.4) is 0 Å². The zero-order valence-corrected chi connectivity index (χ0v) is 26.6. The van der Waals surface area contributed by atoms with Crippen LogP contribution in [0.1, 0.15) is 117 Å². The van der Waals surface area contributed by atoms with Crippen molar-refractivity contribution in [2.24, 2.45) is 0 Å². The third-order valence-electron chi connectivity index (χ3n) is 6.92. The number of rotatable bonds is 21. The van der Waals surface area contributed by atoms with Gasteiger partial charge in [0.2, 0.25) is 5.91 Å². The first kappa shape index (κ1) is 36.3. The Balaban J connectivity index is 0.000000634. The van der Waals surface area contributed by atoms with Crippen LogP contribution in [-0.2, 0) is 14.8 Å². The second-order valence-corrected chi connectivity index (χ2v) is 12.2. The molecule has 2 aromatic carbocycles. The van der Waals surface area contributed by atoms with Crippen molar-refractivity contribution in [3.05, 3.63) is 48.5 Å². The summed E-state index contributed by atoms with van der Waals surface area (Å²) in [6.07, 6.45) is 19.2. The smallest absolute Gasteiger partial charge is 0.264 e. The summed E-state index contributed by atoms with van der Waals surface area (Å²) >= 11 is 0. The number of ether oxygens (including phenoxy) is 1. The lowest BCUT2D eigenvalue weighted by atomic mass is 10.0. The highest BCUT2D eigenvalue weighted by atomic mass is 32.2. The second kappa shape index (κ2) is 22.9. The van der Waals surface area contributed by atoms with Crippen LogP contribution >= 0.6 is 0 Å². The molecule has 0 aliphatic heterocycles. The van der Waals surface area contributed by atoms with Crippen molar-refractivity contribution in [2.45, 2.75) is 121 Å². The van der Waals surface area contributed by atoms with Crippen molar-refractivity contribution >= 4 is 27.3 Å². The Hall–Kier alpha value is -2.74. The van der Waals surface area contributed by atoms with Crippen LogP contribution in [0.2, 0.25) is 0 Å². The quantitative estimate of drug-likeness (QED) is 0.0995. The van der Waals surface area contributed by atoms with Gasteiger partial charge >= 0.3 is 0 Å². The van der Waals surface area contributed by atoms with E-state index in [0.29, 0.717) is 5.69 Å². The van der Waals surface area contributed by atoms with E-state index < -0.39 is 15.9 Å². The second-order valence-electron chi connectivity index (χ2n) is 10.5. The number of sulfonamides is 1. The van der Waals surface area contributed by atoms with Crippen molar-refractivity contribution in [1.82, 2.24) is 4.72 Å². The van der Waals surface area contributed by atoms with E-state index in [-0.39, 0.29) is 11.3 Å². The molecule has 232 valence electrons. The van der Waals surface area contributed by atoms with E-state index >= 15 is 0 Å². The van der Waals surface area contributed by atoms with Crippen LogP contribution in [0, 0.1) is 0 Å². The minimum Gasteiger partial charge on any atom is -0.495 e. The van der Waals surface area contributed by atoms with E-state index in [1.54, 1.807) is 7.11 Å². The van der Waals surface area contributed by atoms with Crippen LogP contribution in [-0.4, -0.2) is 28.0 Å². The van der Waals surface area contributed by atoms with E-state index in [4.69, 9.17) is 10.5 Å². The van der Waals surface area contributed by atoms with Crippen molar-refractivity contribution in [2.75, 3.05) is 24.7 Å². The van der Waals surface area contributed by atoms with E-state index in [2.05, 4.69) is 23.9 Å². The number of amides is 1. The molecule has 0 saturated heterocycles. The minimum atomic E-state index is -3.80. The summed E-state index contributed by atoms with van der Waals surface area (Å²) in [5, 5.41) is 3.20. The minimum absolute atomic E-state index is 0.0570. The number of nitrogens with two attached hydrogens (primary N) is 1. The molecule has 7 nitrogen and oxygen atoms in total. The lowest BCUT2D eigenvalue weighted by molar-refractivity contribution is -0.119. The molecule has 41 heavy (non-hydrogen) atoms. The first-order valence-electron chi connectivity index (χ1n) is 15.6. The van der Waals surface area contributed by atoms with Gasteiger partial charge in [-0.3, -0.25) is 4.79 Å². The molecular weight excluding hydrogens is 534 g/mol. The number of nitrogens with one attached hydrogen (secondary N) is 2. The lowest BCUT2D eigenvalue weighted by Crippen LogP contribution is -2.30. The number of para-hydroxylation sites is 2. The fraction of sp³-hybridized carbons (Fsp3) is 0.606. The number of hydrogen-bond donors (Lipinski definition) is 3. The Morgan fingerprint density at radius 2 is 1.22 bits per heavy atom. The van der Waals surface area contributed by atoms with E-state index in [1.165, 1.54) is 101 Å². The molecule has 0 spiro atoms. The Labute approximate surface area is 250 Å². The zero-order valence-electron chi connectivity index (χ0n) is 25.8. The fourth-order valence-electron chi connectivity index (χ4n) is 4.54. The monoisotopic (exact) mass is 589 g/mol. The van der Waals surface area contributed by atoms with E-state index in [9.17, 15) is 13.2 Å². The maximum absolute atomic E-state index is 12.1. The molecule has 0 unspecified atom stereocenters. The summed E-state index contributed by atoms with van der Waals surface area (Å²) < 4.78 is 31.6. The standard InChI is InChI=1S/C24H42N2O3S.C9H13NO/c1-2-3-4-5-6-7-8-9-10-11-12-13-14-15-16-17-24(27)26-30(28,29)23-20-18-22(25)19-21-23;1-3-10-8-6-4-5-7-9(8)11-2/h18-21H,2-17,25H2,1H3,(H,26,27);4-7,10H,3H2,1-2H3. The van der Waals surface area contributed by atoms with Gasteiger partial charge in [0.15, 0.2) is 0 Å². The molecule has 1 amide bonds. The summed E-state index contributed by atoms with van der Waals surface area (Å²) in [6.45, 7) is 5.24. The molecule has 0 heterocycles. The van der Waals surface area contributed by atoms with Crippen molar-refractivity contribution in [1.29, 1.82) is 0 Å². The summed E-state index contributed by atoms with van der Waals surface area (Å²) in [7, 11) is -2.13. The molecular formula is C33H55N3O4S. The van der Waals surface area contributed by atoms with Crippen LogP contribution in [0.5, 0.6) is 5.75 Å². The summed E-state index contributed by atoms with van der Waals surface area (Å²) in [5.41, 5.74) is 7.10. The molecule has 2 rings (SSSR count). The van der Waals surface area contributed by atoms with Gasteiger partial charge in [-0.1, -0.05) is 109 Å². The molecule has 0 aliphatic carbocycles. The Morgan fingerprint density at radius 3 is 1.71 bits per heavy atom. The predicted molar refractivity (Wildman–Crippen MR) is 173 cm³/mol. The van der Waals surface area contributed by atoms with Gasteiger partial charge in [-0.2, -0.15) is 0 Å². The molecule has 0 aromatic heterocycles. The molecule has 4 N–H and O–H groups in total. The largest absolute Gasteiger partial charge is 0.495 e. The first-order valence-corrected chi connectivity index (χ1v) is 17.1. The molecule has 0 aliphatic rings. The lowest BCUT2D eigenvalue weighted by Gasteiger charge is -2.07. The van der Waals surface area contributed by atoms with Crippen molar-refractivity contribution in [3.63, 3.8) is 0 Å². The number of nitrogen functional groups attached to an aromatic ring is 1. The summed E-state index contributed by atoms with van der Waals surface area (Å²) in [5.74, 6) is 0.455. The third-order valence-corrected chi connectivity index (χ3v) is 8.31. The Bertz CT molecular complexity index is 1040. The van der Waals surface area contributed by atoms with Crippen LogP contribution in [0.4, 0.5) is 11.4 Å². The first-order chi connectivity index (χ1) is 19.8. The average molecular weight is 590 g/mol. The topological polar surface area (TPSA) is 111 Å². The maximum atomic E-state index is 12.1. The molecule has 2 aromatic rings. The number of carbonyl (C=O) groups excluding carboxylic acids is 1. The van der Waals surface area contributed by atoms with Crippen LogP contribution in [0.25, 0.3) is 0 Å². The van der Waals surface area contributed by atoms with Crippen LogP contribution in [0.15, 0.2) is 53.4 Å². The van der Waals surface area contributed by atoms with Gasteiger partial charge in [0.05, 0.1) is 17.7 Å². The van der Waals surface area contributed by atoms with Crippen molar-refractivity contribution in [3.8, 4) is 5.75 Å². The molecule has 0 fully saturated rings. The maximum Gasteiger partial charge on any atom is 0.264 e. The van der Waals surface area contributed by atoms with Gasteiger partial charge in [0, 0.05) is 18.7 Å². The van der Waals surface area contributed by atoms with E-state index in [1.807, 2.05) is 24.3 Å². The number of unbranched alkanes of at least 4 members (excludes halogenated alkanes) is 14. The van der Waals surface area contributed by atoms with Crippen molar-refractivity contribution < 1.29 is 17.9 Å². The molecule has 0 atom stereocenters. The molecule has 0 saturated carbocycles. The van der Waals surface area contributed by atoms with Crippen LogP contribution < -0.4 is 20.5 Å². The third kappa shape index (κ3) is 17.6. The molecule has 0 radical (unpaired) electrons. The number of hydrogen-bond acceptors (Lipinski definition) is 6. The highest BCUT2D eigenvalue weighted by Gasteiger charge is 2.16. The molecule has 0 bridgehead atoms. The Morgan fingerprint density at radius 1 is 0.732 bits per heavy atom. The summed E-state index contributed by atoms with van der Waals surface area (Å²) in [6, 6.07) is 13.7. The van der Waals surface area contributed by atoms with E-state index in [0.717, 1.165) is 37.2 Å². The van der Waals surface area contributed by atoms with Gasteiger partial charge in [-0.15, -0.1) is 0 Å². The molecule has 8 heteroatoms. The van der Waals surface area contributed by atoms with Gasteiger partial charge < -0.3 is 15.8 Å². The van der Waals surface area contributed by atoms with Gasteiger partial charge in [0.25, 0.3) is 10.0 Å². The fourth-order valence-corrected chi connectivity index (χ4v) is 5.56. The van der Waals surface area contributed by atoms with Gasteiger partial charge in [-0.25, -0.2) is 13.1 Å². The predicted octanol–water partition coefficient (Wildman–Crippen LogP) is 8.46. The summed E-state index contributed by atoms with van der Waals surface area (Å²) in [4.78, 5) is 12.0. The SMILES string of the molecule is CCCCCCCCCCCCCCCCCC(=O)NS(=O)(=O)c1ccc(N)cc1.CCNc1ccccc1OC. The average Bonchev–Trinajstić information content (AvgIpc) is 2.96. The normalized spacial score (nSPS) is 10.9. The zero-order chi connectivity index (χ0) is 30.2.